The molecule has 2 fully saturated rings. The van der Waals surface area contributed by atoms with Gasteiger partial charge in [-0.25, -0.2) is 0 Å². The smallest absolute Gasteiger partial charge is 0.239 e. The maximum Gasteiger partial charge on any atom is 0.239 e. The van der Waals surface area contributed by atoms with E-state index in [0.29, 0.717) is 0 Å². The molecule has 0 bridgehead atoms. The van der Waals surface area contributed by atoms with Crippen molar-refractivity contribution in [2.24, 2.45) is 0 Å². The fourth-order valence-electron chi connectivity index (χ4n) is 5.00. The Balaban J connectivity index is 1.49. The second-order valence-electron chi connectivity index (χ2n) is 10.3. The highest BCUT2D eigenvalue weighted by Crippen LogP contribution is 2.39. The maximum atomic E-state index is 13.6. The molecule has 17 nitrogen and oxygen atoms in total. The van der Waals surface area contributed by atoms with Crippen LogP contribution in [-0.4, -0.2) is 131 Å². The van der Waals surface area contributed by atoms with E-state index in [4.69, 9.17) is 23.4 Å². The van der Waals surface area contributed by atoms with E-state index in [-0.39, 0.29) is 11.1 Å². The van der Waals surface area contributed by atoms with Crippen LogP contribution in [0.2, 0.25) is 0 Å². The molecule has 1 aromatic heterocycles. The van der Waals surface area contributed by atoms with Gasteiger partial charge in [0.2, 0.25) is 17.5 Å². The van der Waals surface area contributed by atoms with E-state index in [1.165, 1.54) is 6.07 Å². The summed E-state index contributed by atoms with van der Waals surface area (Å²) in [6.45, 7) is -1.67. The second-order valence-corrected chi connectivity index (χ2v) is 10.3. The molecule has 3 aromatic rings. The Kier molecular flexibility index (Phi) is 8.87. The molecule has 2 aromatic carbocycles. The van der Waals surface area contributed by atoms with Crippen LogP contribution in [-0.2, 0) is 14.2 Å². The number of phenolic OH excluding ortho intramolecular Hbond substituents is 4. The standard InChI is InChI=1S/C27H30O17/c28-6-14-17(34)19(36)21(38)26(41-14)43-24-15(7-29)42-27(22(39)20(24)37)44-25-18(35)16-12(33)4-9(30)5-13(16)40-23(25)8-1-2-10(31)11(32)3-8/h1-5,14-15,17,19-22,24,26-34,36-39H,6-7H2/t14-,15-,17+,19+,20-,21+,22-,24+,26-,27+/m0/s1. The molecule has 2 aliphatic rings. The highest BCUT2D eigenvalue weighted by atomic mass is 16.7. The summed E-state index contributed by atoms with van der Waals surface area (Å²) in [5.74, 6) is -3.44. The summed E-state index contributed by atoms with van der Waals surface area (Å²) < 4.78 is 27.8. The largest absolute Gasteiger partial charge is 0.508 e. The fourth-order valence-corrected chi connectivity index (χ4v) is 5.00. The number of phenols is 4. The van der Waals surface area contributed by atoms with Gasteiger partial charge in [0.25, 0.3) is 0 Å². The van der Waals surface area contributed by atoms with Crippen molar-refractivity contribution in [2.45, 2.75) is 61.4 Å². The van der Waals surface area contributed by atoms with Crippen molar-refractivity contribution in [2.75, 3.05) is 13.2 Å². The summed E-state index contributed by atoms with van der Waals surface area (Å²) in [5.41, 5.74) is -1.41. The summed E-state index contributed by atoms with van der Waals surface area (Å²) >= 11 is 0. The van der Waals surface area contributed by atoms with E-state index >= 15 is 0 Å². The van der Waals surface area contributed by atoms with Gasteiger partial charge in [-0.15, -0.1) is 0 Å². The van der Waals surface area contributed by atoms with Crippen molar-refractivity contribution in [3.63, 3.8) is 0 Å². The van der Waals surface area contributed by atoms with Crippen molar-refractivity contribution in [3.05, 3.63) is 40.6 Å². The minimum absolute atomic E-state index is 0.0504. The van der Waals surface area contributed by atoms with Crippen molar-refractivity contribution in [3.8, 4) is 40.1 Å². The Hall–Kier alpha value is -3.75. The third kappa shape index (κ3) is 5.61. The lowest BCUT2D eigenvalue weighted by Gasteiger charge is -2.45. The van der Waals surface area contributed by atoms with Crippen LogP contribution < -0.4 is 10.2 Å². The third-order valence-electron chi connectivity index (χ3n) is 7.35. The van der Waals surface area contributed by atoms with Gasteiger partial charge in [-0.3, -0.25) is 4.79 Å². The Morgan fingerprint density at radius 3 is 2.02 bits per heavy atom. The molecule has 0 saturated carbocycles. The first-order chi connectivity index (χ1) is 20.9. The number of hydrogen-bond donors (Lipinski definition) is 11. The quantitative estimate of drug-likeness (QED) is 0.119. The summed E-state index contributed by atoms with van der Waals surface area (Å²) in [7, 11) is 0. The molecular formula is C27H30O17. The number of hydrogen-bond acceptors (Lipinski definition) is 17. The Bertz CT molecular complexity index is 1550. The number of rotatable bonds is 7. The van der Waals surface area contributed by atoms with Crippen LogP contribution in [0.1, 0.15) is 0 Å². The van der Waals surface area contributed by atoms with Gasteiger partial charge in [0.15, 0.2) is 23.5 Å². The molecule has 0 spiro atoms. The average molecular weight is 627 g/mol. The highest BCUT2D eigenvalue weighted by molar-refractivity contribution is 5.88. The first kappa shape index (κ1) is 31.7. The first-order valence-electron chi connectivity index (χ1n) is 13.2. The Labute approximate surface area is 246 Å². The van der Waals surface area contributed by atoms with E-state index in [1.807, 2.05) is 0 Å². The molecule has 2 aliphatic heterocycles. The predicted octanol–water partition coefficient (Wildman–Crippen LogP) is -2.71. The van der Waals surface area contributed by atoms with E-state index in [9.17, 15) is 61.0 Å². The van der Waals surface area contributed by atoms with Gasteiger partial charge in [0.05, 0.1) is 13.2 Å². The van der Waals surface area contributed by atoms with Gasteiger partial charge in [-0.1, -0.05) is 0 Å². The van der Waals surface area contributed by atoms with Gasteiger partial charge >= 0.3 is 0 Å². The zero-order valence-corrected chi connectivity index (χ0v) is 22.4. The lowest BCUT2D eigenvalue weighted by molar-refractivity contribution is -0.352. The van der Waals surface area contributed by atoms with Crippen LogP contribution in [0.25, 0.3) is 22.3 Å². The number of ether oxygens (including phenoxy) is 4. The molecule has 44 heavy (non-hydrogen) atoms. The first-order valence-corrected chi connectivity index (χ1v) is 13.2. The van der Waals surface area contributed by atoms with Crippen molar-refractivity contribution >= 4 is 11.0 Å². The Morgan fingerprint density at radius 2 is 1.36 bits per heavy atom. The molecular weight excluding hydrogens is 596 g/mol. The zero-order valence-electron chi connectivity index (χ0n) is 22.4. The second kappa shape index (κ2) is 12.3. The van der Waals surface area contributed by atoms with E-state index in [2.05, 4.69) is 0 Å². The van der Waals surface area contributed by atoms with Crippen LogP contribution in [0.15, 0.2) is 39.5 Å². The zero-order chi connectivity index (χ0) is 32.0. The van der Waals surface area contributed by atoms with Crippen LogP contribution in [0.3, 0.4) is 0 Å². The number of aliphatic hydroxyl groups excluding tert-OH is 7. The lowest BCUT2D eigenvalue weighted by Crippen LogP contribution is -2.65. The maximum absolute atomic E-state index is 13.6. The number of aliphatic hydroxyl groups is 7. The van der Waals surface area contributed by atoms with Gasteiger partial charge in [0, 0.05) is 17.7 Å². The van der Waals surface area contributed by atoms with Crippen molar-refractivity contribution in [1.82, 2.24) is 0 Å². The van der Waals surface area contributed by atoms with Crippen LogP contribution in [0.5, 0.6) is 28.7 Å². The highest BCUT2D eigenvalue weighted by Gasteiger charge is 2.51. The van der Waals surface area contributed by atoms with Crippen molar-refractivity contribution < 1.29 is 79.5 Å². The van der Waals surface area contributed by atoms with E-state index < -0.39 is 120 Å². The lowest BCUT2D eigenvalue weighted by atomic mass is 9.97. The van der Waals surface area contributed by atoms with Crippen molar-refractivity contribution in [1.29, 1.82) is 0 Å². The van der Waals surface area contributed by atoms with Gasteiger partial charge < -0.3 is 79.5 Å². The van der Waals surface area contributed by atoms with E-state index in [0.717, 1.165) is 24.3 Å². The molecule has 2 saturated heterocycles. The molecule has 3 heterocycles. The average Bonchev–Trinajstić information content (AvgIpc) is 2.98. The third-order valence-corrected chi connectivity index (χ3v) is 7.35. The minimum atomic E-state index is -2.04. The van der Waals surface area contributed by atoms with Gasteiger partial charge in [-0.05, 0) is 18.2 Å². The molecule has 0 unspecified atom stereocenters. The van der Waals surface area contributed by atoms with Gasteiger partial charge in [-0.2, -0.15) is 0 Å². The molecule has 17 heteroatoms. The molecule has 5 rings (SSSR count). The summed E-state index contributed by atoms with van der Waals surface area (Å²) in [4.78, 5) is 13.6. The van der Waals surface area contributed by atoms with E-state index in [1.54, 1.807) is 0 Å². The monoisotopic (exact) mass is 626 g/mol. The summed E-state index contributed by atoms with van der Waals surface area (Å²) in [5, 5.41) is 111. The molecule has 11 N–H and O–H groups in total. The normalized spacial score (nSPS) is 32.5. The van der Waals surface area contributed by atoms with Crippen LogP contribution in [0, 0.1) is 0 Å². The number of benzene rings is 2. The predicted molar refractivity (Wildman–Crippen MR) is 142 cm³/mol. The molecule has 10 atom stereocenters. The minimum Gasteiger partial charge on any atom is -0.508 e. The SMILES string of the molecule is O=c1c(O[C@H]2O[C@@H](CO)[C@@H](O[C@@H]3O[C@@H](CO)[C@@H](O)[C@@H](O)[C@H]3O)[C@@H](O)[C@@H]2O)c(-c2ccc(O)c(O)c2)oc2cc(O)cc(O)c12. The fraction of sp³-hybridized carbons (Fsp3) is 0.444. The molecule has 240 valence electrons. The molecule has 0 radical (unpaired) electrons. The summed E-state index contributed by atoms with van der Waals surface area (Å²) in [6.07, 6.45) is -17.7. The molecule has 0 aliphatic carbocycles. The van der Waals surface area contributed by atoms with Crippen LogP contribution in [0.4, 0.5) is 0 Å². The number of aromatic hydroxyl groups is 4. The molecule has 0 amide bonds. The van der Waals surface area contributed by atoms with Gasteiger partial charge in [0.1, 0.15) is 71.3 Å². The topological polar surface area (TPSA) is 290 Å². The Morgan fingerprint density at radius 1 is 0.705 bits per heavy atom. The van der Waals surface area contributed by atoms with Crippen LogP contribution >= 0.6 is 0 Å². The number of fused-ring (bicyclic) bond motifs is 1. The summed E-state index contributed by atoms with van der Waals surface area (Å²) in [6, 6.07) is 5.17.